The summed E-state index contributed by atoms with van der Waals surface area (Å²) in [4.78, 5) is 0. The standard InChI is InChI=1S/C12H11ClN4O/c1-17-12(15)8(6-14)10(16-17)7-18-11-5-3-2-4-9(11)13/h2-5H,7,15H2,1H3. The number of nitrogens with two attached hydrogens (primary N) is 1. The molecule has 0 bridgehead atoms. The zero-order valence-corrected chi connectivity index (χ0v) is 10.5. The van der Waals surface area contributed by atoms with E-state index in [9.17, 15) is 0 Å². The average Bonchev–Trinajstić information content (AvgIpc) is 2.64. The fourth-order valence-corrected chi connectivity index (χ4v) is 1.72. The van der Waals surface area contributed by atoms with Crippen LogP contribution in [0.1, 0.15) is 11.3 Å². The van der Waals surface area contributed by atoms with E-state index in [4.69, 9.17) is 27.3 Å². The minimum atomic E-state index is 0.150. The van der Waals surface area contributed by atoms with Crippen LogP contribution in [0.5, 0.6) is 5.75 Å². The summed E-state index contributed by atoms with van der Waals surface area (Å²) in [7, 11) is 1.68. The van der Waals surface area contributed by atoms with Gasteiger partial charge in [0.15, 0.2) is 0 Å². The van der Waals surface area contributed by atoms with Crippen molar-refractivity contribution in [1.29, 1.82) is 5.26 Å². The summed E-state index contributed by atoms with van der Waals surface area (Å²) >= 11 is 5.96. The molecule has 1 aromatic carbocycles. The maximum atomic E-state index is 9.00. The van der Waals surface area contributed by atoms with Crippen molar-refractivity contribution in [3.63, 3.8) is 0 Å². The Hall–Kier alpha value is -2.19. The molecule has 0 spiro atoms. The lowest BCUT2D eigenvalue weighted by Crippen LogP contribution is -1.99. The van der Waals surface area contributed by atoms with E-state index in [-0.39, 0.29) is 6.61 Å². The summed E-state index contributed by atoms with van der Waals surface area (Å²) in [5.74, 6) is 0.877. The summed E-state index contributed by atoms with van der Waals surface area (Å²) in [6.45, 7) is 0.150. The third-order valence-corrected chi connectivity index (χ3v) is 2.79. The topological polar surface area (TPSA) is 76.9 Å². The van der Waals surface area contributed by atoms with E-state index in [2.05, 4.69) is 5.10 Å². The number of hydrogen-bond acceptors (Lipinski definition) is 4. The molecule has 5 nitrogen and oxygen atoms in total. The second-order valence-corrected chi connectivity index (χ2v) is 4.07. The number of halogens is 1. The highest BCUT2D eigenvalue weighted by molar-refractivity contribution is 6.32. The van der Waals surface area contributed by atoms with Gasteiger partial charge in [0.05, 0.1) is 5.02 Å². The van der Waals surface area contributed by atoms with Crippen molar-refractivity contribution in [2.24, 2.45) is 7.05 Å². The van der Waals surface area contributed by atoms with Gasteiger partial charge >= 0.3 is 0 Å². The van der Waals surface area contributed by atoms with Gasteiger partial charge in [-0.15, -0.1) is 0 Å². The van der Waals surface area contributed by atoms with E-state index in [0.717, 1.165) is 0 Å². The van der Waals surface area contributed by atoms with Crippen LogP contribution in [0.15, 0.2) is 24.3 Å². The number of aryl methyl sites for hydroxylation is 1. The van der Waals surface area contributed by atoms with Gasteiger partial charge in [-0.1, -0.05) is 23.7 Å². The number of benzene rings is 1. The quantitative estimate of drug-likeness (QED) is 0.919. The van der Waals surface area contributed by atoms with Gasteiger partial charge in [-0.05, 0) is 12.1 Å². The first-order valence-corrected chi connectivity index (χ1v) is 5.60. The van der Waals surface area contributed by atoms with Crippen molar-refractivity contribution in [3.05, 3.63) is 40.5 Å². The van der Waals surface area contributed by atoms with E-state index < -0.39 is 0 Å². The highest BCUT2D eigenvalue weighted by Gasteiger charge is 2.14. The van der Waals surface area contributed by atoms with Crippen LogP contribution in [0.3, 0.4) is 0 Å². The summed E-state index contributed by atoms with van der Waals surface area (Å²) in [5, 5.41) is 13.6. The van der Waals surface area contributed by atoms with Gasteiger partial charge in [-0.25, -0.2) is 0 Å². The zero-order valence-electron chi connectivity index (χ0n) is 9.72. The van der Waals surface area contributed by atoms with Crippen LogP contribution in [0, 0.1) is 11.3 Å². The monoisotopic (exact) mass is 262 g/mol. The predicted molar refractivity (Wildman–Crippen MR) is 68.1 cm³/mol. The van der Waals surface area contributed by atoms with E-state index in [1.165, 1.54) is 4.68 Å². The van der Waals surface area contributed by atoms with Crippen LogP contribution in [0.4, 0.5) is 5.82 Å². The number of nitrogen functional groups attached to an aromatic ring is 1. The minimum absolute atomic E-state index is 0.150. The third kappa shape index (κ3) is 2.24. The van der Waals surface area contributed by atoms with E-state index in [1.54, 1.807) is 19.2 Å². The lowest BCUT2D eigenvalue weighted by molar-refractivity contribution is 0.300. The lowest BCUT2D eigenvalue weighted by atomic mass is 10.2. The molecule has 92 valence electrons. The van der Waals surface area contributed by atoms with Crippen LogP contribution in [-0.2, 0) is 13.7 Å². The zero-order chi connectivity index (χ0) is 13.1. The molecule has 1 aromatic heterocycles. The van der Waals surface area contributed by atoms with E-state index in [0.29, 0.717) is 27.8 Å². The SMILES string of the molecule is Cn1nc(COc2ccccc2Cl)c(C#N)c1N. The molecule has 0 atom stereocenters. The van der Waals surface area contributed by atoms with Crippen molar-refractivity contribution in [1.82, 2.24) is 9.78 Å². The molecule has 0 saturated heterocycles. The molecule has 0 amide bonds. The first kappa shape index (κ1) is 12.3. The summed E-state index contributed by atoms with van der Waals surface area (Å²) in [6.07, 6.45) is 0. The van der Waals surface area contributed by atoms with E-state index >= 15 is 0 Å². The third-order valence-electron chi connectivity index (χ3n) is 2.48. The number of rotatable bonds is 3. The molecule has 0 radical (unpaired) electrons. The first-order chi connectivity index (χ1) is 8.63. The molecule has 18 heavy (non-hydrogen) atoms. The Morgan fingerprint density at radius 2 is 2.22 bits per heavy atom. The molecular formula is C12H11ClN4O. The maximum absolute atomic E-state index is 9.00. The van der Waals surface area contributed by atoms with Gasteiger partial charge in [-0.2, -0.15) is 10.4 Å². The molecule has 1 heterocycles. The van der Waals surface area contributed by atoms with Crippen LogP contribution >= 0.6 is 11.6 Å². The number of para-hydroxylation sites is 1. The number of anilines is 1. The van der Waals surface area contributed by atoms with Crippen LogP contribution in [-0.4, -0.2) is 9.78 Å². The highest BCUT2D eigenvalue weighted by Crippen LogP contribution is 2.25. The predicted octanol–water partition coefficient (Wildman–Crippen LogP) is 2.11. The van der Waals surface area contributed by atoms with Gasteiger partial charge in [-0.3, -0.25) is 4.68 Å². The van der Waals surface area contributed by atoms with Crippen molar-refractivity contribution in [3.8, 4) is 11.8 Å². The Labute approximate surface area is 109 Å². The molecule has 6 heteroatoms. The molecular weight excluding hydrogens is 252 g/mol. The fourth-order valence-electron chi connectivity index (χ4n) is 1.53. The van der Waals surface area contributed by atoms with Crippen molar-refractivity contribution >= 4 is 17.4 Å². The van der Waals surface area contributed by atoms with Crippen LogP contribution in [0.2, 0.25) is 5.02 Å². The molecule has 0 aliphatic carbocycles. The minimum Gasteiger partial charge on any atom is -0.486 e. The molecule has 0 aliphatic rings. The molecule has 0 unspecified atom stereocenters. The van der Waals surface area contributed by atoms with Crippen molar-refractivity contribution in [2.75, 3.05) is 5.73 Å². The number of hydrogen-bond donors (Lipinski definition) is 1. The Balaban J connectivity index is 2.19. The largest absolute Gasteiger partial charge is 0.486 e. The van der Waals surface area contributed by atoms with Crippen LogP contribution < -0.4 is 10.5 Å². The van der Waals surface area contributed by atoms with Gasteiger partial charge < -0.3 is 10.5 Å². The smallest absolute Gasteiger partial charge is 0.139 e. The van der Waals surface area contributed by atoms with Crippen molar-refractivity contribution in [2.45, 2.75) is 6.61 Å². The molecule has 2 rings (SSSR count). The fraction of sp³-hybridized carbons (Fsp3) is 0.167. The normalized spacial score (nSPS) is 10.1. The molecule has 0 fully saturated rings. The summed E-state index contributed by atoms with van der Waals surface area (Å²) in [5.41, 5.74) is 6.54. The molecule has 2 aromatic rings. The van der Waals surface area contributed by atoms with Gasteiger partial charge in [0.25, 0.3) is 0 Å². The second-order valence-electron chi connectivity index (χ2n) is 3.66. The van der Waals surface area contributed by atoms with E-state index in [1.807, 2.05) is 18.2 Å². The van der Waals surface area contributed by atoms with Gasteiger partial charge in [0.2, 0.25) is 0 Å². The van der Waals surface area contributed by atoms with Gasteiger partial charge in [0.1, 0.15) is 35.5 Å². The number of ether oxygens (including phenoxy) is 1. The average molecular weight is 263 g/mol. The Kier molecular flexibility index (Phi) is 3.40. The number of nitrogens with zero attached hydrogens (tertiary/aromatic N) is 3. The molecule has 0 aliphatic heterocycles. The lowest BCUT2D eigenvalue weighted by Gasteiger charge is -2.05. The highest BCUT2D eigenvalue weighted by atomic mass is 35.5. The van der Waals surface area contributed by atoms with Gasteiger partial charge in [0, 0.05) is 7.05 Å². The molecule has 2 N–H and O–H groups in total. The Bertz CT molecular complexity index is 615. The van der Waals surface area contributed by atoms with Crippen LogP contribution in [0.25, 0.3) is 0 Å². The Morgan fingerprint density at radius 3 is 2.89 bits per heavy atom. The second kappa shape index (κ2) is 4.98. The summed E-state index contributed by atoms with van der Waals surface area (Å²) in [6, 6.07) is 9.13. The first-order valence-electron chi connectivity index (χ1n) is 5.22. The summed E-state index contributed by atoms with van der Waals surface area (Å²) < 4.78 is 6.97. The maximum Gasteiger partial charge on any atom is 0.139 e. The Morgan fingerprint density at radius 1 is 1.50 bits per heavy atom. The van der Waals surface area contributed by atoms with Crippen molar-refractivity contribution < 1.29 is 4.74 Å². The molecule has 0 saturated carbocycles. The number of aromatic nitrogens is 2. The number of nitriles is 1.